The normalized spacial score (nSPS) is 10.3. The highest BCUT2D eigenvalue weighted by molar-refractivity contribution is 6.37. The summed E-state index contributed by atoms with van der Waals surface area (Å²) in [5.74, 6) is -0.529. The Labute approximate surface area is 162 Å². The molecule has 0 heterocycles. The molecule has 0 fully saturated rings. The second-order valence-corrected chi connectivity index (χ2v) is 6.75. The Morgan fingerprint density at radius 2 is 1.58 bits per heavy atom. The van der Waals surface area contributed by atoms with Crippen LogP contribution in [0, 0.1) is 20.8 Å². The number of para-hydroxylation sites is 1. The van der Waals surface area contributed by atoms with Crippen molar-refractivity contribution in [3.8, 4) is 5.75 Å². The maximum absolute atomic E-state index is 12.1. The van der Waals surface area contributed by atoms with Crippen molar-refractivity contribution in [2.24, 2.45) is 0 Å². The molecule has 7 heteroatoms. The van der Waals surface area contributed by atoms with E-state index < -0.39 is 5.91 Å². The van der Waals surface area contributed by atoms with Crippen molar-refractivity contribution in [1.82, 2.24) is 5.32 Å². The van der Waals surface area contributed by atoms with E-state index in [2.05, 4.69) is 10.6 Å². The largest absolute Gasteiger partial charge is 0.481 e. The average molecular weight is 395 g/mol. The van der Waals surface area contributed by atoms with Gasteiger partial charge >= 0.3 is 0 Å². The van der Waals surface area contributed by atoms with Crippen LogP contribution in [-0.2, 0) is 9.59 Å². The van der Waals surface area contributed by atoms with Gasteiger partial charge in [0.25, 0.3) is 5.91 Å². The summed E-state index contributed by atoms with van der Waals surface area (Å²) in [6, 6.07) is 8.88. The highest BCUT2D eigenvalue weighted by Crippen LogP contribution is 2.32. The lowest BCUT2D eigenvalue weighted by Gasteiger charge is -2.13. The van der Waals surface area contributed by atoms with E-state index in [-0.39, 0.29) is 24.8 Å². The Bertz CT molecular complexity index is 794. The highest BCUT2D eigenvalue weighted by atomic mass is 35.5. The van der Waals surface area contributed by atoms with Crippen molar-refractivity contribution in [2.45, 2.75) is 20.8 Å². The molecule has 0 aliphatic rings. The fraction of sp³-hybridized carbons (Fsp3) is 0.263. The van der Waals surface area contributed by atoms with Crippen molar-refractivity contribution < 1.29 is 14.3 Å². The number of rotatable bonds is 6. The topological polar surface area (TPSA) is 67.4 Å². The number of amides is 2. The minimum atomic E-state index is -0.450. The van der Waals surface area contributed by atoms with Gasteiger partial charge in [-0.2, -0.15) is 0 Å². The lowest BCUT2D eigenvalue weighted by Crippen LogP contribution is -2.36. The standard InChI is InChI=1S/C19H20Cl2N2O3/c1-11-7-12(2)18(13(3)8-11)23-16(24)9-22-17(25)10-26-19-14(20)5-4-6-15(19)21/h4-8H,9-10H2,1-3H3,(H,22,25)(H,23,24). The summed E-state index contributed by atoms with van der Waals surface area (Å²) in [7, 11) is 0. The Kier molecular flexibility index (Phi) is 6.89. The number of carbonyl (C=O) groups excluding carboxylic acids is 2. The highest BCUT2D eigenvalue weighted by Gasteiger charge is 2.12. The van der Waals surface area contributed by atoms with Crippen LogP contribution in [-0.4, -0.2) is 25.0 Å². The summed E-state index contributed by atoms with van der Waals surface area (Å²) in [6.45, 7) is 5.40. The van der Waals surface area contributed by atoms with Gasteiger partial charge < -0.3 is 15.4 Å². The fourth-order valence-corrected chi connectivity index (χ4v) is 3.06. The molecule has 0 bridgehead atoms. The number of hydrogen-bond acceptors (Lipinski definition) is 3. The van der Waals surface area contributed by atoms with Crippen LogP contribution in [0.25, 0.3) is 0 Å². The minimum Gasteiger partial charge on any atom is -0.481 e. The van der Waals surface area contributed by atoms with Gasteiger partial charge in [0.05, 0.1) is 16.6 Å². The molecule has 0 aliphatic carbocycles. The van der Waals surface area contributed by atoms with Crippen LogP contribution in [0.2, 0.25) is 10.0 Å². The summed E-state index contributed by atoms with van der Waals surface area (Å²) in [6.07, 6.45) is 0. The Balaban J connectivity index is 1.85. The Morgan fingerprint density at radius 1 is 1.00 bits per heavy atom. The van der Waals surface area contributed by atoms with E-state index in [0.717, 1.165) is 22.4 Å². The molecule has 0 aromatic heterocycles. The molecule has 0 aliphatic heterocycles. The number of hydrogen-bond donors (Lipinski definition) is 2. The Morgan fingerprint density at radius 3 is 2.15 bits per heavy atom. The first-order chi connectivity index (χ1) is 12.3. The maximum atomic E-state index is 12.1. The molecule has 2 aromatic carbocycles. The zero-order valence-electron chi connectivity index (χ0n) is 14.8. The van der Waals surface area contributed by atoms with E-state index >= 15 is 0 Å². The minimum absolute atomic E-state index is 0.162. The molecule has 0 spiro atoms. The first kappa shape index (κ1) is 20.1. The van der Waals surface area contributed by atoms with Crippen LogP contribution in [0.4, 0.5) is 5.69 Å². The monoisotopic (exact) mass is 394 g/mol. The zero-order chi connectivity index (χ0) is 19.3. The van der Waals surface area contributed by atoms with Crippen LogP contribution in [0.3, 0.4) is 0 Å². The summed E-state index contributed by atoms with van der Waals surface area (Å²) in [4.78, 5) is 24.0. The number of anilines is 1. The van der Waals surface area contributed by atoms with E-state index in [0.29, 0.717) is 10.0 Å². The van der Waals surface area contributed by atoms with Crippen LogP contribution >= 0.6 is 23.2 Å². The van der Waals surface area contributed by atoms with Gasteiger partial charge in [-0.15, -0.1) is 0 Å². The quantitative estimate of drug-likeness (QED) is 0.776. The van der Waals surface area contributed by atoms with Gasteiger partial charge in [0.1, 0.15) is 0 Å². The zero-order valence-corrected chi connectivity index (χ0v) is 16.3. The van der Waals surface area contributed by atoms with E-state index in [1.54, 1.807) is 18.2 Å². The van der Waals surface area contributed by atoms with E-state index in [4.69, 9.17) is 27.9 Å². The number of benzene rings is 2. The third-order valence-electron chi connectivity index (χ3n) is 3.65. The number of carbonyl (C=O) groups is 2. The molecule has 0 radical (unpaired) electrons. The van der Waals surface area contributed by atoms with Crippen LogP contribution in [0.5, 0.6) is 5.75 Å². The van der Waals surface area contributed by atoms with Crippen LogP contribution in [0.15, 0.2) is 30.3 Å². The third-order valence-corrected chi connectivity index (χ3v) is 4.25. The molecule has 0 atom stereocenters. The molecular formula is C19H20Cl2N2O3. The first-order valence-corrected chi connectivity index (χ1v) is 8.74. The number of halogens is 2. The van der Waals surface area contributed by atoms with Gasteiger partial charge in [-0.1, -0.05) is 47.0 Å². The molecular weight excluding hydrogens is 375 g/mol. The van der Waals surface area contributed by atoms with Crippen molar-refractivity contribution in [3.63, 3.8) is 0 Å². The predicted molar refractivity (Wildman–Crippen MR) is 104 cm³/mol. The number of ether oxygens (including phenoxy) is 1. The molecule has 2 rings (SSSR count). The van der Waals surface area contributed by atoms with Gasteiger partial charge in [0, 0.05) is 5.69 Å². The molecule has 138 valence electrons. The second-order valence-electron chi connectivity index (χ2n) is 5.94. The van der Waals surface area contributed by atoms with Crippen molar-refractivity contribution in [1.29, 1.82) is 0 Å². The number of nitrogens with one attached hydrogen (secondary N) is 2. The summed E-state index contributed by atoms with van der Waals surface area (Å²) >= 11 is 11.9. The summed E-state index contributed by atoms with van der Waals surface area (Å²) in [5, 5.41) is 5.94. The van der Waals surface area contributed by atoms with E-state index in [1.807, 2.05) is 32.9 Å². The van der Waals surface area contributed by atoms with Crippen molar-refractivity contribution in [3.05, 3.63) is 57.1 Å². The third kappa shape index (κ3) is 5.38. The van der Waals surface area contributed by atoms with Gasteiger partial charge in [0.2, 0.25) is 5.91 Å². The van der Waals surface area contributed by atoms with E-state index in [1.165, 1.54) is 0 Å². The lowest BCUT2D eigenvalue weighted by molar-refractivity contribution is -0.125. The lowest BCUT2D eigenvalue weighted by atomic mass is 10.1. The summed E-state index contributed by atoms with van der Waals surface area (Å²) < 4.78 is 5.32. The van der Waals surface area contributed by atoms with Gasteiger partial charge in [-0.25, -0.2) is 0 Å². The van der Waals surface area contributed by atoms with Crippen LogP contribution in [0.1, 0.15) is 16.7 Å². The molecule has 2 N–H and O–H groups in total. The SMILES string of the molecule is Cc1cc(C)c(NC(=O)CNC(=O)COc2c(Cl)cccc2Cl)c(C)c1. The van der Waals surface area contributed by atoms with Gasteiger partial charge in [0.15, 0.2) is 12.4 Å². The molecule has 0 saturated heterocycles. The number of aryl methyl sites for hydroxylation is 3. The summed E-state index contributed by atoms with van der Waals surface area (Å²) in [5.41, 5.74) is 3.83. The Hall–Kier alpha value is -2.24. The molecule has 5 nitrogen and oxygen atoms in total. The molecule has 2 aromatic rings. The molecule has 0 saturated carbocycles. The first-order valence-electron chi connectivity index (χ1n) is 7.99. The maximum Gasteiger partial charge on any atom is 0.258 e. The molecule has 0 unspecified atom stereocenters. The van der Waals surface area contributed by atoms with Crippen molar-refractivity contribution in [2.75, 3.05) is 18.5 Å². The van der Waals surface area contributed by atoms with E-state index in [9.17, 15) is 9.59 Å². The average Bonchev–Trinajstić information content (AvgIpc) is 2.55. The molecule has 2 amide bonds. The van der Waals surface area contributed by atoms with Gasteiger partial charge in [-0.05, 0) is 44.0 Å². The van der Waals surface area contributed by atoms with Crippen molar-refractivity contribution >= 4 is 40.7 Å². The van der Waals surface area contributed by atoms with Gasteiger partial charge in [-0.3, -0.25) is 9.59 Å². The molecule has 26 heavy (non-hydrogen) atoms. The predicted octanol–water partition coefficient (Wildman–Crippen LogP) is 4.05. The second kappa shape index (κ2) is 8.92. The van der Waals surface area contributed by atoms with Crippen LogP contribution < -0.4 is 15.4 Å². The fourth-order valence-electron chi connectivity index (χ4n) is 2.55. The smallest absolute Gasteiger partial charge is 0.258 e.